The number of benzene rings is 2. The van der Waals surface area contributed by atoms with Crippen molar-refractivity contribution in [1.82, 2.24) is 10.2 Å². The molecular weight excluding hydrogens is 382 g/mol. The summed E-state index contributed by atoms with van der Waals surface area (Å²) in [7, 11) is 0. The lowest BCUT2D eigenvalue weighted by Crippen LogP contribution is -3.13. The zero-order valence-electron chi connectivity index (χ0n) is 17.0. The van der Waals surface area contributed by atoms with Gasteiger partial charge in [0.25, 0.3) is 5.91 Å². The van der Waals surface area contributed by atoms with Gasteiger partial charge in [0, 0.05) is 11.1 Å². The summed E-state index contributed by atoms with van der Waals surface area (Å²) in [4.78, 5) is 29.1. The maximum Gasteiger partial charge on any atom is 0.251 e. The summed E-state index contributed by atoms with van der Waals surface area (Å²) in [6.07, 6.45) is 2.67. The van der Waals surface area contributed by atoms with Crippen molar-refractivity contribution in [3.63, 3.8) is 0 Å². The fourth-order valence-corrected chi connectivity index (χ4v) is 4.12. The maximum atomic E-state index is 13.1. The van der Waals surface area contributed by atoms with E-state index < -0.39 is 6.04 Å². The summed E-state index contributed by atoms with van der Waals surface area (Å²) in [5.74, 6) is 0.700. The van der Waals surface area contributed by atoms with Gasteiger partial charge in [-0.3, -0.25) is 9.59 Å². The van der Waals surface area contributed by atoms with Gasteiger partial charge in [-0.05, 0) is 30.6 Å². The number of piperazine rings is 1. The summed E-state index contributed by atoms with van der Waals surface area (Å²) in [5, 5.41) is 2.97. The molecule has 1 aliphatic heterocycles. The van der Waals surface area contributed by atoms with Crippen molar-refractivity contribution in [2.45, 2.75) is 19.0 Å². The minimum Gasteiger partial charge on any atom is -0.340 e. The normalized spacial score (nSPS) is 15.7. The molecule has 0 aromatic heterocycles. The molecule has 154 valence electrons. The second-order valence-corrected chi connectivity index (χ2v) is 8.40. The molecule has 1 aliphatic rings. The number of thioether (sulfide) groups is 1. The van der Waals surface area contributed by atoms with Crippen LogP contribution in [0.3, 0.4) is 0 Å². The molecule has 3 rings (SSSR count). The third-order valence-corrected chi connectivity index (χ3v) is 5.97. The van der Waals surface area contributed by atoms with Crippen molar-refractivity contribution in [3.05, 3.63) is 71.8 Å². The van der Waals surface area contributed by atoms with Crippen LogP contribution in [-0.2, 0) is 11.3 Å². The Morgan fingerprint density at radius 2 is 1.66 bits per heavy atom. The van der Waals surface area contributed by atoms with Gasteiger partial charge in [-0.1, -0.05) is 48.5 Å². The number of hydrogen-bond donors (Lipinski definition) is 2. The Balaban J connectivity index is 1.56. The molecule has 1 fully saturated rings. The fourth-order valence-electron chi connectivity index (χ4n) is 3.65. The molecule has 0 bridgehead atoms. The standard InChI is InChI=1S/C23H29N3O2S/c1-29-17-12-21(24-22(27)20-10-6-3-7-11-20)23(28)26-15-13-25(14-16-26)18-19-8-4-2-5-9-19/h2-11,21H,12-18H2,1H3,(H,24,27)/p+1/t21-/m1/s1. The van der Waals surface area contributed by atoms with E-state index in [1.807, 2.05) is 35.4 Å². The van der Waals surface area contributed by atoms with E-state index in [9.17, 15) is 9.59 Å². The molecular formula is C23H30N3O2S+. The fraction of sp³-hybridized carbons (Fsp3) is 0.391. The lowest BCUT2D eigenvalue weighted by atomic mass is 10.1. The van der Waals surface area contributed by atoms with Gasteiger partial charge in [-0.2, -0.15) is 11.8 Å². The van der Waals surface area contributed by atoms with Crippen LogP contribution in [0.15, 0.2) is 60.7 Å². The van der Waals surface area contributed by atoms with Crippen LogP contribution in [-0.4, -0.2) is 60.9 Å². The number of quaternary nitrogens is 1. The zero-order chi connectivity index (χ0) is 20.5. The molecule has 6 heteroatoms. The predicted octanol–water partition coefficient (Wildman–Crippen LogP) is 1.47. The van der Waals surface area contributed by atoms with Crippen LogP contribution in [0, 0.1) is 0 Å². The number of rotatable bonds is 8. The summed E-state index contributed by atoms with van der Waals surface area (Å²) in [5.41, 5.74) is 1.92. The highest BCUT2D eigenvalue weighted by atomic mass is 32.2. The first-order chi connectivity index (χ1) is 14.2. The van der Waals surface area contributed by atoms with Crippen molar-refractivity contribution < 1.29 is 14.5 Å². The molecule has 5 nitrogen and oxygen atoms in total. The second-order valence-electron chi connectivity index (χ2n) is 7.41. The Morgan fingerprint density at radius 3 is 2.28 bits per heavy atom. The molecule has 2 aromatic carbocycles. The first-order valence-corrected chi connectivity index (χ1v) is 11.6. The average molecular weight is 413 g/mol. The number of nitrogens with zero attached hydrogens (tertiary/aromatic N) is 1. The highest BCUT2D eigenvalue weighted by molar-refractivity contribution is 7.98. The van der Waals surface area contributed by atoms with Crippen LogP contribution in [0.25, 0.3) is 0 Å². The Morgan fingerprint density at radius 1 is 1.03 bits per heavy atom. The van der Waals surface area contributed by atoms with Crippen molar-refractivity contribution in [1.29, 1.82) is 0 Å². The van der Waals surface area contributed by atoms with Crippen LogP contribution < -0.4 is 10.2 Å². The van der Waals surface area contributed by atoms with E-state index in [1.165, 1.54) is 10.5 Å². The van der Waals surface area contributed by atoms with E-state index in [4.69, 9.17) is 0 Å². The van der Waals surface area contributed by atoms with Crippen LogP contribution in [0.2, 0.25) is 0 Å². The first kappa shape index (κ1) is 21.4. The molecule has 2 aromatic rings. The SMILES string of the molecule is CSCC[C@@H](NC(=O)c1ccccc1)C(=O)N1CC[NH+](Cc2ccccc2)CC1. The van der Waals surface area contributed by atoms with Crippen molar-refractivity contribution in [2.75, 3.05) is 38.2 Å². The molecule has 0 spiro atoms. The third-order valence-electron chi connectivity index (χ3n) is 5.33. The van der Waals surface area contributed by atoms with Crippen molar-refractivity contribution in [3.8, 4) is 0 Å². The van der Waals surface area contributed by atoms with E-state index >= 15 is 0 Å². The molecule has 0 unspecified atom stereocenters. The number of hydrogen-bond acceptors (Lipinski definition) is 3. The van der Waals surface area contributed by atoms with Crippen LogP contribution >= 0.6 is 11.8 Å². The van der Waals surface area contributed by atoms with E-state index in [2.05, 4.69) is 29.6 Å². The molecule has 0 radical (unpaired) electrons. The second kappa shape index (κ2) is 11.0. The monoisotopic (exact) mass is 412 g/mol. The van der Waals surface area contributed by atoms with Crippen molar-refractivity contribution in [2.24, 2.45) is 0 Å². The summed E-state index contributed by atoms with van der Waals surface area (Å²) in [6, 6.07) is 19.1. The van der Waals surface area contributed by atoms with Crippen LogP contribution in [0.5, 0.6) is 0 Å². The topological polar surface area (TPSA) is 53.9 Å². The number of carbonyl (C=O) groups is 2. The smallest absolute Gasteiger partial charge is 0.251 e. The zero-order valence-corrected chi connectivity index (χ0v) is 17.8. The Kier molecular flexibility index (Phi) is 8.14. The average Bonchev–Trinajstić information content (AvgIpc) is 2.78. The molecule has 29 heavy (non-hydrogen) atoms. The largest absolute Gasteiger partial charge is 0.340 e. The van der Waals surface area contributed by atoms with E-state index in [-0.39, 0.29) is 11.8 Å². The molecule has 1 heterocycles. The lowest BCUT2D eigenvalue weighted by molar-refractivity contribution is -0.917. The third kappa shape index (κ3) is 6.34. The maximum absolute atomic E-state index is 13.1. The van der Waals surface area contributed by atoms with Gasteiger partial charge in [-0.25, -0.2) is 0 Å². The van der Waals surface area contributed by atoms with Gasteiger partial charge < -0.3 is 15.1 Å². The number of carbonyl (C=O) groups excluding carboxylic acids is 2. The molecule has 0 aliphatic carbocycles. The molecule has 0 saturated carbocycles. The van der Waals surface area contributed by atoms with Gasteiger partial charge in [0.15, 0.2) is 0 Å². The molecule has 1 saturated heterocycles. The van der Waals surface area contributed by atoms with Crippen LogP contribution in [0.1, 0.15) is 22.3 Å². The van der Waals surface area contributed by atoms with Gasteiger partial charge in [0.2, 0.25) is 5.91 Å². The van der Waals surface area contributed by atoms with Gasteiger partial charge in [-0.15, -0.1) is 0 Å². The highest BCUT2D eigenvalue weighted by Crippen LogP contribution is 2.08. The first-order valence-electron chi connectivity index (χ1n) is 10.2. The van der Waals surface area contributed by atoms with Crippen LogP contribution in [0.4, 0.5) is 0 Å². The Hall–Kier alpha value is -2.31. The van der Waals surface area contributed by atoms with Crippen molar-refractivity contribution >= 4 is 23.6 Å². The molecule has 2 N–H and O–H groups in total. The van der Waals surface area contributed by atoms with E-state index in [1.54, 1.807) is 23.9 Å². The van der Waals surface area contributed by atoms with Gasteiger partial charge in [0.1, 0.15) is 12.6 Å². The minimum absolute atomic E-state index is 0.0436. The number of amides is 2. The summed E-state index contributed by atoms with van der Waals surface area (Å²) < 4.78 is 0. The van der Waals surface area contributed by atoms with E-state index in [0.29, 0.717) is 12.0 Å². The molecule has 2 amide bonds. The quantitative estimate of drug-likeness (QED) is 0.690. The Labute approximate surface area is 177 Å². The summed E-state index contributed by atoms with van der Waals surface area (Å²) in [6.45, 7) is 4.32. The van der Waals surface area contributed by atoms with Gasteiger partial charge in [0.05, 0.1) is 26.2 Å². The Bertz CT molecular complexity index is 777. The summed E-state index contributed by atoms with van der Waals surface area (Å²) >= 11 is 1.69. The number of nitrogens with one attached hydrogen (secondary N) is 2. The van der Waals surface area contributed by atoms with Gasteiger partial charge >= 0.3 is 0 Å². The predicted molar refractivity (Wildman–Crippen MR) is 118 cm³/mol. The lowest BCUT2D eigenvalue weighted by Gasteiger charge is -2.34. The minimum atomic E-state index is -0.467. The molecule has 1 atom stereocenters. The van der Waals surface area contributed by atoms with E-state index in [0.717, 1.165) is 38.5 Å². The highest BCUT2D eigenvalue weighted by Gasteiger charge is 2.30.